The molecule has 1 aromatic carbocycles. The second-order valence-electron chi connectivity index (χ2n) is 6.13. The largest absolute Gasteiger partial charge is 0.482 e. The number of fused-ring (bicyclic) bond motifs is 1. The van der Waals surface area contributed by atoms with E-state index in [9.17, 15) is 13.2 Å². The van der Waals surface area contributed by atoms with Crippen LogP contribution in [-0.2, 0) is 14.8 Å². The molecule has 0 unspecified atom stereocenters. The molecule has 0 radical (unpaired) electrons. The van der Waals surface area contributed by atoms with Crippen molar-refractivity contribution in [3.05, 3.63) is 29.8 Å². The molecule has 2 aromatic rings. The molecule has 2 aliphatic rings. The van der Waals surface area contributed by atoms with Gasteiger partial charge in [-0.1, -0.05) is 11.6 Å². The Kier molecular flexibility index (Phi) is 4.33. The summed E-state index contributed by atoms with van der Waals surface area (Å²) in [7, 11) is -3.77. The van der Waals surface area contributed by atoms with E-state index in [2.05, 4.69) is 15.4 Å². The lowest BCUT2D eigenvalue weighted by Crippen LogP contribution is -2.39. The molecule has 9 nitrogen and oxygen atoms in total. The molecule has 0 bridgehead atoms. The molecule has 0 spiro atoms. The van der Waals surface area contributed by atoms with E-state index in [0.717, 1.165) is 0 Å². The van der Waals surface area contributed by atoms with Crippen LogP contribution in [0.15, 0.2) is 29.7 Å². The SMILES string of the molecule is O=C1COc2cc(S(=O)(=O)N3CCC(n4cncn4)CC3)c(Cl)cc2N1. The average Bonchev–Trinajstić information content (AvgIpc) is 3.15. The molecule has 0 atom stereocenters. The predicted molar refractivity (Wildman–Crippen MR) is 92.6 cm³/mol. The van der Waals surface area contributed by atoms with Crippen LogP contribution in [0.1, 0.15) is 18.9 Å². The van der Waals surface area contributed by atoms with Crippen molar-refractivity contribution >= 4 is 33.2 Å². The fraction of sp³-hybridized carbons (Fsp3) is 0.400. The predicted octanol–water partition coefficient (Wildman–Crippen LogP) is 1.29. The summed E-state index contributed by atoms with van der Waals surface area (Å²) in [5.41, 5.74) is 0.370. The minimum absolute atomic E-state index is 0.0201. The first kappa shape index (κ1) is 17.3. The van der Waals surface area contributed by atoms with Crippen molar-refractivity contribution in [3.8, 4) is 5.75 Å². The third-order valence-corrected chi connectivity index (χ3v) is 6.88. The smallest absolute Gasteiger partial charge is 0.262 e. The summed E-state index contributed by atoms with van der Waals surface area (Å²) in [5.74, 6) is -0.00978. The number of rotatable bonds is 3. The molecule has 0 aliphatic carbocycles. The highest BCUT2D eigenvalue weighted by atomic mass is 35.5. The molecule has 1 N–H and O–H groups in total. The summed E-state index contributed by atoms with van der Waals surface area (Å²) < 4.78 is 34.5. The summed E-state index contributed by atoms with van der Waals surface area (Å²) in [4.78, 5) is 15.3. The van der Waals surface area contributed by atoms with Crippen molar-refractivity contribution in [1.29, 1.82) is 0 Å². The van der Waals surface area contributed by atoms with Crippen LogP contribution in [-0.4, -0.2) is 53.1 Å². The van der Waals surface area contributed by atoms with E-state index in [1.54, 1.807) is 11.0 Å². The summed E-state index contributed by atoms with van der Waals surface area (Å²) in [6.07, 6.45) is 4.38. The van der Waals surface area contributed by atoms with Gasteiger partial charge in [-0.15, -0.1) is 0 Å². The van der Waals surface area contributed by atoms with Gasteiger partial charge >= 0.3 is 0 Å². The number of carbonyl (C=O) groups excluding carboxylic acids is 1. The molecule has 1 aromatic heterocycles. The summed E-state index contributed by atoms with van der Waals surface area (Å²) >= 11 is 6.19. The van der Waals surface area contributed by atoms with Gasteiger partial charge in [0, 0.05) is 19.2 Å². The van der Waals surface area contributed by atoms with E-state index < -0.39 is 10.0 Å². The number of nitrogens with one attached hydrogen (secondary N) is 1. The van der Waals surface area contributed by atoms with Gasteiger partial charge in [-0.3, -0.25) is 4.79 Å². The van der Waals surface area contributed by atoms with Gasteiger partial charge in [-0.05, 0) is 18.9 Å². The second-order valence-corrected chi connectivity index (χ2v) is 8.44. The van der Waals surface area contributed by atoms with Crippen LogP contribution in [0.25, 0.3) is 0 Å². The van der Waals surface area contributed by atoms with Crippen molar-refractivity contribution in [3.63, 3.8) is 0 Å². The molecule has 1 amide bonds. The minimum Gasteiger partial charge on any atom is -0.482 e. The maximum Gasteiger partial charge on any atom is 0.262 e. The Labute approximate surface area is 155 Å². The molecule has 1 saturated heterocycles. The van der Waals surface area contributed by atoms with Crippen molar-refractivity contribution in [1.82, 2.24) is 19.1 Å². The lowest BCUT2D eigenvalue weighted by Gasteiger charge is -2.31. The first-order valence-electron chi connectivity index (χ1n) is 8.05. The lowest BCUT2D eigenvalue weighted by molar-refractivity contribution is -0.118. The zero-order valence-corrected chi connectivity index (χ0v) is 15.2. The van der Waals surface area contributed by atoms with Crippen LogP contribution in [0, 0.1) is 0 Å². The molecule has 4 rings (SSSR count). The van der Waals surface area contributed by atoms with Crippen molar-refractivity contribution in [2.75, 3.05) is 25.0 Å². The van der Waals surface area contributed by atoms with E-state index >= 15 is 0 Å². The average molecular weight is 398 g/mol. The Morgan fingerprint density at radius 2 is 2.04 bits per heavy atom. The quantitative estimate of drug-likeness (QED) is 0.836. The van der Waals surface area contributed by atoms with E-state index in [0.29, 0.717) is 37.4 Å². The van der Waals surface area contributed by atoms with Crippen molar-refractivity contribution in [2.45, 2.75) is 23.8 Å². The highest BCUT2D eigenvalue weighted by Gasteiger charge is 2.33. The topological polar surface area (TPSA) is 106 Å². The van der Waals surface area contributed by atoms with Gasteiger partial charge in [-0.25, -0.2) is 18.1 Å². The van der Waals surface area contributed by atoms with E-state index in [-0.39, 0.29) is 28.5 Å². The van der Waals surface area contributed by atoms with Crippen LogP contribution in [0.3, 0.4) is 0 Å². The van der Waals surface area contributed by atoms with Crippen molar-refractivity contribution in [2.24, 2.45) is 0 Å². The molecule has 138 valence electrons. The third kappa shape index (κ3) is 3.04. The number of carbonyl (C=O) groups is 1. The standard InChI is InChI=1S/C15H16ClN5O4S/c16-11-5-12-13(25-7-15(22)19-12)6-14(11)26(23,24)20-3-1-10(2-4-20)21-9-17-8-18-21/h5-6,8-10H,1-4,7H2,(H,19,22). The van der Waals surface area contributed by atoms with Gasteiger partial charge in [0.25, 0.3) is 5.91 Å². The normalized spacial score (nSPS) is 18.9. The molecule has 26 heavy (non-hydrogen) atoms. The summed E-state index contributed by atoms with van der Waals surface area (Å²) in [5, 5.41) is 6.78. The van der Waals surface area contributed by atoms with E-state index in [4.69, 9.17) is 16.3 Å². The molecule has 0 saturated carbocycles. The third-order valence-electron chi connectivity index (χ3n) is 4.52. The van der Waals surface area contributed by atoms with Crippen molar-refractivity contribution < 1.29 is 17.9 Å². The Bertz CT molecular complexity index is 939. The maximum atomic E-state index is 13.0. The fourth-order valence-corrected chi connectivity index (χ4v) is 5.16. The number of hydrogen-bond acceptors (Lipinski definition) is 6. The van der Waals surface area contributed by atoms with Gasteiger partial charge in [0.15, 0.2) is 6.61 Å². The highest BCUT2D eigenvalue weighted by Crippen LogP contribution is 2.37. The van der Waals surface area contributed by atoms with Gasteiger partial charge in [0.1, 0.15) is 23.3 Å². The van der Waals surface area contributed by atoms with Crippen LogP contribution in [0.4, 0.5) is 5.69 Å². The number of piperidine rings is 1. The molecule has 3 heterocycles. The zero-order valence-electron chi connectivity index (χ0n) is 13.6. The van der Waals surface area contributed by atoms with Gasteiger partial charge < -0.3 is 10.1 Å². The Morgan fingerprint density at radius 3 is 2.73 bits per heavy atom. The van der Waals surface area contributed by atoms with Gasteiger partial charge in [0.2, 0.25) is 10.0 Å². The Morgan fingerprint density at radius 1 is 1.27 bits per heavy atom. The number of sulfonamides is 1. The number of ether oxygens (including phenoxy) is 1. The van der Waals surface area contributed by atoms with Gasteiger partial charge in [-0.2, -0.15) is 9.40 Å². The Hall–Kier alpha value is -2.17. The highest BCUT2D eigenvalue weighted by molar-refractivity contribution is 7.89. The van der Waals surface area contributed by atoms with Crippen LogP contribution >= 0.6 is 11.6 Å². The van der Waals surface area contributed by atoms with E-state index in [1.807, 2.05) is 0 Å². The Balaban J connectivity index is 1.57. The fourth-order valence-electron chi connectivity index (χ4n) is 3.17. The number of anilines is 1. The minimum atomic E-state index is -3.77. The molecular weight excluding hydrogens is 382 g/mol. The number of aromatic nitrogens is 3. The lowest BCUT2D eigenvalue weighted by atomic mass is 10.1. The first-order valence-corrected chi connectivity index (χ1v) is 9.87. The van der Waals surface area contributed by atoms with Crippen LogP contribution < -0.4 is 10.1 Å². The summed E-state index contributed by atoms with van der Waals surface area (Å²) in [6, 6.07) is 2.90. The monoisotopic (exact) mass is 397 g/mol. The molecule has 11 heteroatoms. The number of hydrogen-bond donors (Lipinski definition) is 1. The molecule has 1 fully saturated rings. The van der Waals surface area contributed by atoms with Crippen LogP contribution in [0.2, 0.25) is 5.02 Å². The number of benzene rings is 1. The van der Waals surface area contributed by atoms with Gasteiger partial charge in [0.05, 0.1) is 16.8 Å². The number of halogens is 1. The molecular formula is C15H16ClN5O4S. The molecule has 2 aliphatic heterocycles. The second kappa shape index (κ2) is 6.53. The van der Waals surface area contributed by atoms with E-state index in [1.165, 1.54) is 22.8 Å². The first-order chi connectivity index (χ1) is 12.4. The van der Waals surface area contributed by atoms with Crippen LogP contribution in [0.5, 0.6) is 5.75 Å². The number of nitrogens with zero attached hydrogens (tertiary/aromatic N) is 4. The maximum absolute atomic E-state index is 13.0. The number of amides is 1. The zero-order chi connectivity index (χ0) is 18.3. The summed E-state index contributed by atoms with van der Waals surface area (Å²) in [6.45, 7) is 0.563.